The van der Waals surface area contributed by atoms with Crippen molar-refractivity contribution in [1.82, 2.24) is 9.55 Å². The molecular formula is C16H19N2O3P. The fourth-order valence-electron chi connectivity index (χ4n) is 1.82. The van der Waals surface area contributed by atoms with Crippen molar-refractivity contribution in [3.63, 3.8) is 0 Å². The van der Waals surface area contributed by atoms with E-state index in [9.17, 15) is 9.36 Å². The van der Waals surface area contributed by atoms with Gasteiger partial charge in [0.15, 0.2) is 0 Å². The van der Waals surface area contributed by atoms with Crippen LogP contribution in [0.2, 0.25) is 0 Å². The predicted octanol–water partition coefficient (Wildman–Crippen LogP) is 3.70. The highest BCUT2D eigenvalue weighted by atomic mass is 31.2. The standard InChI is InChI=1S/C16H19N2O3P/c1-22(2,20)10-4-7-14-5-3-6-15(11-14)12-21-16(19)18-9-8-17-13-18/h3-9,11,13H,10,12H2,1-2H3/b7-4+. The molecule has 0 saturated heterocycles. The van der Waals surface area contributed by atoms with E-state index in [1.807, 2.05) is 36.4 Å². The second-order valence-electron chi connectivity index (χ2n) is 5.43. The van der Waals surface area contributed by atoms with Gasteiger partial charge in [0.05, 0.1) is 7.14 Å². The highest BCUT2D eigenvalue weighted by Gasteiger charge is 2.05. The number of hydrogen-bond acceptors (Lipinski definition) is 4. The van der Waals surface area contributed by atoms with Crippen molar-refractivity contribution in [2.45, 2.75) is 6.61 Å². The van der Waals surface area contributed by atoms with Gasteiger partial charge in [-0.15, -0.1) is 0 Å². The molecule has 0 aliphatic carbocycles. The molecule has 0 bridgehead atoms. The van der Waals surface area contributed by atoms with Gasteiger partial charge in [-0.2, -0.15) is 0 Å². The Morgan fingerprint density at radius 1 is 1.41 bits per heavy atom. The molecule has 0 amide bonds. The van der Waals surface area contributed by atoms with Gasteiger partial charge in [-0.1, -0.05) is 30.4 Å². The summed E-state index contributed by atoms with van der Waals surface area (Å²) < 4.78 is 18.1. The zero-order chi connectivity index (χ0) is 16.0. The van der Waals surface area contributed by atoms with E-state index in [0.717, 1.165) is 11.1 Å². The Kier molecular flexibility index (Phi) is 5.34. The number of imidazole rings is 1. The van der Waals surface area contributed by atoms with Crippen molar-refractivity contribution < 1.29 is 14.1 Å². The number of rotatable bonds is 5. The Morgan fingerprint density at radius 3 is 2.91 bits per heavy atom. The molecule has 0 spiro atoms. The molecule has 0 aliphatic rings. The van der Waals surface area contributed by atoms with Crippen LogP contribution in [0.25, 0.3) is 6.08 Å². The smallest absolute Gasteiger partial charge is 0.419 e. The molecule has 116 valence electrons. The molecule has 0 saturated carbocycles. The van der Waals surface area contributed by atoms with Gasteiger partial charge in [0.2, 0.25) is 0 Å². The van der Waals surface area contributed by atoms with Gasteiger partial charge >= 0.3 is 6.09 Å². The summed E-state index contributed by atoms with van der Waals surface area (Å²) in [5.74, 6) is 0. The average molecular weight is 318 g/mol. The molecule has 0 unspecified atom stereocenters. The van der Waals surface area contributed by atoms with Crippen LogP contribution in [-0.2, 0) is 15.9 Å². The SMILES string of the molecule is CP(C)(=O)C/C=C/c1cccc(COC(=O)n2ccnc2)c1. The predicted molar refractivity (Wildman–Crippen MR) is 87.6 cm³/mol. The van der Waals surface area contributed by atoms with Gasteiger partial charge in [0.1, 0.15) is 12.9 Å². The van der Waals surface area contributed by atoms with Crippen molar-refractivity contribution in [3.05, 3.63) is 60.2 Å². The van der Waals surface area contributed by atoms with E-state index in [1.54, 1.807) is 13.3 Å². The van der Waals surface area contributed by atoms with E-state index in [0.29, 0.717) is 6.16 Å². The van der Waals surface area contributed by atoms with Gasteiger partial charge in [-0.25, -0.2) is 14.3 Å². The maximum atomic E-state index is 11.7. The van der Waals surface area contributed by atoms with Crippen LogP contribution in [0.3, 0.4) is 0 Å². The minimum Gasteiger partial charge on any atom is -0.444 e. The van der Waals surface area contributed by atoms with E-state index in [-0.39, 0.29) is 6.61 Å². The molecule has 1 aromatic carbocycles. The third kappa shape index (κ3) is 5.34. The summed E-state index contributed by atoms with van der Waals surface area (Å²) in [5, 5.41) is 0. The third-order valence-corrected chi connectivity index (χ3v) is 3.97. The Bertz CT molecular complexity index is 702. The molecule has 6 heteroatoms. The zero-order valence-corrected chi connectivity index (χ0v) is 13.6. The Hall–Kier alpha value is -2.13. The van der Waals surface area contributed by atoms with Gasteiger partial charge in [0, 0.05) is 18.6 Å². The van der Waals surface area contributed by atoms with E-state index in [1.165, 1.54) is 23.3 Å². The van der Waals surface area contributed by atoms with Crippen LogP contribution < -0.4 is 0 Å². The summed E-state index contributed by atoms with van der Waals surface area (Å²) in [4.78, 5) is 15.5. The van der Waals surface area contributed by atoms with E-state index >= 15 is 0 Å². The molecule has 22 heavy (non-hydrogen) atoms. The number of hydrogen-bond donors (Lipinski definition) is 0. The lowest BCUT2D eigenvalue weighted by molar-refractivity contribution is 0.141. The highest BCUT2D eigenvalue weighted by molar-refractivity contribution is 7.62. The van der Waals surface area contributed by atoms with Crippen molar-refractivity contribution >= 4 is 19.3 Å². The lowest BCUT2D eigenvalue weighted by Gasteiger charge is -2.06. The number of allylic oxidation sites excluding steroid dienone is 1. The number of benzene rings is 1. The molecule has 0 fully saturated rings. The summed E-state index contributed by atoms with van der Waals surface area (Å²) in [5.41, 5.74) is 1.89. The van der Waals surface area contributed by atoms with Crippen LogP contribution >= 0.6 is 7.14 Å². The molecule has 0 radical (unpaired) electrons. The van der Waals surface area contributed by atoms with E-state index in [4.69, 9.17) is 4.74 Å². The molecule has 2 aromatic rings. The number of ether oxygens (including phenoxy) is 1. The number of nitrogens with zero attached hydrogens (tertiary/aromatic N) is 2. The van der Waals surface area contributed by atoms with Gasteiger partial charge < -0.3 is 9.30 Å². The highest BCUT2D eigenvalue weighted by Crippen LogP contribution is 2.35. The molecule has 1 heterocycles. The molecule has 0 atom stereocenters. The molecule has 5 nitrogen and oxygen atoms in total. The normalized spacial score (nSPS) is 11.7. The summed E-state index contributed by atoms with van der Waals surface area (Å²) in [6.07, 6.45) is 8.42. The van der Waals surface area contributed by atoms with Crippen molar-refractivity contribution in [2.75, 3.05) is 19.5 Å². The van der Waals surface area contributed by atoms with Crippen molar-refractivity contribution in [1.29, 1.82) is 0 Å². The minimum atomic E-state index is -2.03. The third-order valence-electron chi connectivity index (χ3n) is 2.88. The van der Waals surface area contributed by atoms with Gasteiger partial charge in [-0.3, -0.25) is 0 Å². The monoisotopic (exact) mass is 318 g/mol. The molecule has 1 aromatic heterocycles. The van der Waals surface area contributed by atoms with Gasteiger partial charge in [0.25, 0.3) is 0 Å². The second-order valence-corrected chi connectivity index (χ2v) is 8.94. The molecule has 2 rings (SSSR count). The fraction of sp³-hybridized carbons (Fsp3) is 0.250. The number of carbonyl (C=O) groups excluding carboxylic acids is 1. The largest absolute Gasteiger partial charge is 0.444 e. The lowest BCUT2D eigenvalue weighted by Crippen LogP contribution is -2.11. The van der Waals surface area contributed by atoms with Crippen LogP contribution in [-0.4, -0.2) is 35.1 Å². The average Bonchev–Trinajstić information content (AvgIpc) is 2.98. The van der Waals surface area contributed by atoms with Crippen LogP contribution in [0, 0.1) is 0 Å². The zero-order valence-electron chi connectivity index (χ0n) is 12.7. The minimum absolute atomic E-state index is 0.193. The number of carbonyl (C=O) groups is 1. The summed E-state index contributed by atoms with van der Waals surface area (Å²) in [7, 11) is -2.03. The Morgan fingerprint density at radius 2 is 2.23 bits per heavy atom. The Balaban J connectivity index is 1.94. The summed E-state index contributed by atoms with van der Waals surface area (Å²) in [6.45, 7) is 3.73. The first-order chi connectivity index (χ1) is 10.4. The lowest BCUT2D eigenvalue weighted by atomic mass is 10.1. The summed E-state index contributed by atoms with van der Waals surface area (Å²) in [6, 6.07) is 7.68. The quantitative estimate of drug-likeness (QED) is 0.789. The maximum absolute atomic E-state index is 11.7. The molecule has 0 N–H and O–H groups in total. The van der Waals surface area contributed by atoms with Crippen molar-refractivity contribution in [3.8, 4) is 0 Å². The second kappa shape index (κ2) is 7.23. The van der Waals surface area contributed by atoms with E-state index in [2.05, 4.69) is 4.98 Å². The first kappa shape index (κ1) is 16.2. The Labute approximate surface area is 130 Å². The first-order valence-corrected chi connectivity index (χ1v) is 9.67. The van der Waals surface area contributed by atoms with E-state index < -0.39 is 13.2 Å². The van der Waals surface area contributed by atoms with Crippen LogP contribution in [0.4, 0.5) is 4.79 Å². The van der Waals surface area contributed by atoms with Crippen LogP contribution in [0.1, 0.15) is 11.1 Å². The fourth-order valence-corrected chi connectivity index (χ4v) is 2.43. The topological polar surface area (TPSA) is 61.2 Å². The van der Waals surface area contributed by atoms with Crippen LogP contribution in [0.5, 0.6) is 0 Å². The summed E-state index contributed by atoms with van der Waals surface area (Å²) >= 11 is 0. The maximum Gasteiger partial charge on any atom is 0.419 e. The first-order valence-electron chi connectivity index (χ1n) is 6.89. The molecule has 0 aliphatic heterocycles. The molecular weight excluding hydrogens is 299 g/mol. The van der Waals surface area contributed by atoms with Gasteiger partial charge in [-0.05, 0) is 30.5 Å². The number of aromatic nitrogens is 2. The van der Waals surface area contributed by atoms with Crippen LogP contribution in [0.15, 0.2) is 49.1 Å². The van der Waals surface area contributed by atoms with Crippen molar-refractivity contribution in [2.24, 2.45) is 0 Å².